The number of aromatic nitrogens is 2. The van der Waals surface area contributed by atoms with Crippen molar-refractivity contribution < 1.29 is 4.92 Å². The second kappa shape index (κ2) is 5.19. The van der Waals surface area contributed by atoms with Crippen molar-refractivity contribution in [2.45, 2.75) is 20.3 Å². The highest BCUT2D eigenvalue weighted by Crippen LogP contribution is 2.13. The number of nitrogens with zero attached hydrogens (tertiary/aromatic N) is 3. The molecule has 0 aromatic carbocycles. The van der Waals surface area contributed by atoms with Crippen LogP contribution in [-0.2, 0) is 0 Å². The molecule has 0 spiro atoms. The van der Waals surface area contributed by atoms with Crippen LogP contribution in [0.2, 0.25) is 0 Å². The van der Waals surface area contributed by atoms with Crippen LogP contribution in [0.4, 0.5) is 0 Å². The Hall–Kier alpha value is -1.78. The molecule has 0 saturated carbocycles. The summed E-state index contributed by atoms with van der Waals surface area (Å²) in [5, 5.41) is 10.7. The molecule has 1 aromatic rings. The smallest absolute Gasteiger partial charge is 0.248 e. The number of rotatable bonds is 4. The quantitative estimate of drug-likeness (QED) is 0.560. The highest BCUT2D eigenvalue weighted by Gasteiger charge is 2.12. The summed E-state index contributed by atoms with van der Waals surface area (Å²) in [4.78, 5) is 18.0. The van der Waals surface area contributed by atoms with Gasteiger partial charge in [0.05, 0.1) is 10.6 Å². The molecule has 0 fully saturated rings. The van der Waals surface area contributed by atoms with E-state index in [9.17, 15) is 10.1 Å². The van der Waals surface area contributed by atoms with Gasteiger partial charge in [0.1, 0.15) is 6.33 Å². The zero-order valence-electron chi connectivity index (χ0n) is 8.75. The Labute approximate surface area is 88.0 Å². The molecule has 80 valence electrons. The van der Waals surface area contributed by atoms with E-state index in [0.717, 1.165) is 0 Å². The van der Waals surface area contributed by atoms with Crippen molar-refractivity contribution in [1.29, 1.82) is 0 Å². The normalized spacial score (nSPS) is 11.8. The lowest BCUT2D eigenvalue weighted by Gasteiger charge is -2.01. The van der Waals surface area contributed by atoms with Crippen LogP contribution in [0.1, 0.15) is 26.0 Å². The summed E-state index contributed by atoms with van der Waals surface area (Å²) in [7, 11) is 0. The third kappa shape index (κ3) is 3.84. The molecule has 5 heteroatoms. The van der Waals surface area contributed by atoms with Gasteiger partial charge < -0.3 is 0 Å². The highest BCUT2D eigenvalue weighted by atomic mass is 16.6. The zero-order chi connectivity index (χ0) is 11.3. The number of hydrogen-bond acceptors (Lipinski definition) is 4. The van der Waals surface area contributed by atoms with Crippen LogP contribution in [0.15, 0.2) is 24.3 Å². The van der Waals surface area contributed by atoms with Gasteiger partial charge in [-0.25, -0.2) is 9.97 Å². The van der Waals surface area contributed by atoms with Gasteiger partial charge in [0.25, 0.3) is 0 Å². The van der Waals surface area contributed by atoms with E-state index in [1.165, 1.54) is 12.4 Å². The predicted molar refractivity (Wildman–Crippen MR) is 56.5 cm³/mol. The Morgan fingerprint density at radius 1 is 1.67 bits per heavy atom. The molecule has 0 atom stereocenters. The van der Waals surface area contributed by atoms with Gasteiger partial charge in [-0.3, -0.25) is 10.1 Å². The first-order chi connectivity index (χ1) is 7.09. The summed E-state index contributed by atoms with van der Waals surface area (Å²) in [5.41, 5.74) is 0.751. The van der Waals surface area contributed by atoms with Gasteiger partial charge in [0.2, 0.25) is 5.70 Å². The Morgan fingerprint density at radius 2 is 2.40 bits per heavy atom. The lowest BCUT2D eigenvalue weighted by Crippen LogP contribution is -2.02. The lowest BCUT2D eigenvalue weighted by molar-refractivity contribution is -0.427. The van der Waals surface area contributed by atoms with E-state index in [0.29, 0.717) is 12.1 Å². The Kier molecular flexibility index (Phi) is 3.91. The molecule has 5 nitrogen and oxygen atoms in total. The van der Waals surface area contributed by atoms with Crippen molar-refractivity contribution >= 4 is 6.08 Å². The minimum Gasteiger partial charge on any atom is -0.259 e. The summed E-state index contributed by atoms with van der Waals surface area (Å²) in [5.74, 6) is 0.253. The first-order valence-electron chi connectivity index (χ1n) is 4.70. The first kappa shape index (κ1) is 11.3. The maximum atomic E-state index is 10.7. The number of hydrogen-bond donors (Lipinski definition) is 0. The average Bonchev–Trinajstić information content (AvgIpc) is 2.17. The fraction of sp³-hybridized carbons (Fsp3) is 0.400. The molecule has 0 radical (unpaired) electrons. The third-order valence-electron chi connectivity index (χ3n) is 1.77. The van der Waals surface area contributed by atoms with Crippen LogP contribution in [0.5, 0.6) is 0 Å². The van der Waals surface area contributed by atoms with E-state index >= 15 is 0 Å². The highest BCUT2D eigenvalue weighted by molar-refractivity contribution is 5.45. The predicted octanol–water partition coefficient (Wildman–Crippen LogP) is 2.14. The van der Waals surface area contributed by atoms with E-state index in [1.807, 2.05) is 13.8 Å². The monoisotopic (exact) mass is 207 g/mol. The van der Waals surface area contributed by atoms with Crippen molar-refractivity contribution in [3.05, 3.63) is 40.1 Å². The molecule has 1 rings (SSSR count). The summed E-state index contributed by atoms with van der Waals surface area (Å²) < 4.78 is 0. The third-order valence-corrected chi connectivity index (χ3v) is 1.77. The van der Waals surface area contributed by atoms with E-state index in [-0.39, 0.29) is 16.5 Å². The molecule has 0 bridgehead atoms. The summed E-state index contributed by atoms with van der Waals surface area (Å²) >= 11 is 0. The minimum absolute atomic E-state index is 0.184. The van der Waals surface area contributed by atoms with Gasteiger partial charge in [0.15, 0.2) is 0 Å². The maximum absolute atomic E-state index is 10.7. The molecular formula is C10H13N3O2. The van der Waals surface area contributed by atoms with E-state index in [4.69, 9.17) is 0 Å². The second-order valence-electron chi connectivity index (χ2n) is 3.62. The van der Waals surface area contributed by atoms with Crippen LogP contribution in [0, 0.1) is 16.0 Å². The molecule has 0 aliphatic rings. The molecule has 0 aliphatic carbocycles. The van der Waals surface area contributed by atoms with Gasteiger partial charge in [-0.2, -0.15) is 0 Å². The van der Waals surface area contributed by atoms with Crippen LogP contribution >= 0.6 is 0 Å². The zero-order valence-corrected chi connectivity index (χ0v) is 8.75. The maximum Gasteiger partial charge on any atom is 0.248 e. The molecule has 0 N–H and O–H groups in total. The van der Waals surface area contributed by atoms with Gasteiger partial charge in [0, 0.05) is 18.7 Å². The van der Waals surface area contributed by atoms with Gasteiger partial charge in [-0.05, 0) is 12.0 Å². The molecule has 1 aromatic heterocycles. The van der Waals surface area contributed by atoms with Gasteiger partial charge in [-0.1, -0.05) is 13.8 Å². The lowest BCUT2D eigenvalue weighted by atomic mass is 10.1. The van der Waals surface area contributed by atoms with Crippen LogP contribution in [0.25, 0.3) is 6.08 Å². The summed E-state index contributed by atoms with van der Waals surface area (Å²) in [6.45, 7) is 3.88. The van der Waals surface area contributed by atoms with Crippen LogP contribution in [-0.4, -0.2) is 14.9 Å². The van der Waals surface area contributed by atoms with Crippen molar-refractivity contribution in [3.63, 3.8) is 0 Å². The molecule has 0 unspecified atom stereocenters. The van der Waals surface area contributed by atoms with Crippen LogP contribution < -0.4 is 0 Å². The fourth-order valence-electron chi connectivity index (χ4n) is 1.16. The molecule has 0 aliphatic heterocycles. The van der Waals surface area contributed by atoms with Crippen molar-refractivity contribution in [1.82, 2.24) is 9.97 Å². The Bertz CT molecular complexity index is 360. The van der Waals surface area contributed by atoms with Crippen molar-refractivity contribution in [3.8, 4) is 0 Å². The van der Waals surface area contributed by atoms with E-state index in [2.05, 4.69) is 9.97 Å². The second-order valence-corrected chi connectivity index (χ2v) is 3.62. The molecule has 15 heavy (non-hydrogen) atoms. The number of nitro groups is 1. The average molecular weight is 207 g/mol. The molecule has 0 amide bonds. The Morgan fingerprint density at radius 3 is 2.87 bits per heavy atom. The van der Waals surface area contributed by atoms with Crippen LogP contribution in [0.3, 0.4) is 0 Å². The van der Waals surface area contributed by atoms with Crippen molar-refractivity contribution in [2.24, 2.45) is 5.92 Å². The molecule has 1 heterocycles. The van der Waals surface area contributed by atoms with E-state index in [1.54, 1.807) is 12.3 Å². The minimum atomic E-state index is -0.359. The molecular weight excluding hydrogens is 194 g/mol. The van der Waals surface area contributed by atoms with E-state index < -0.39 is 0 Å². The molecule has 0 saturated heterocycles. The standard InChI is InChI=1S/C10H13N3O2/c1-8(2)5-10(13(14)15)6-9-3-4-11-7-12-9/h3-4,6-8H,5H2,1-2H3. The van der Waals surface area contributed by atoms with Gasteiger partial charge >= 0.3 is 0 Å². The fourth-order valence-corrected chi connectivity index (χ4v) is 1.16. The topological polar surface area (TPSA) is 68.9 Å². The van der Waals surface area contributed by atoms with Gasteiger partial charge in [-0.15, -0.1) is 0 Å². The first-order valence-corrected chi connectivity index (χ1v) is 4.70. The summed E-state index contributed by atoms with van der Waals surface area (Å²) in [6, 6.07) is 1.64. The van der Waals surface area contributed by atoms with Crippen molar-refractivity contribution in [2.75, 3.05) is 0 Å². The Balaban J connectivity index is 2.89. The summed E-state index contributed by atoms with van der Waals surface area (Å²) in [6.07, 6.45) is 4.86. The largest absolute Gasteiger partial charge is 0.259 e. The number of allylic oxidation sites excluding steroid dienone is 1. The SMILES string of the molecule is CC(C)CC(=Cc1ccncn1)[N+](=O)[O-].